The molecule has 8 nitrogen and oxygen atoms in total. The van der Waals surface area contributed by atoms with Gasteiger partial charge in [-0.05, 0) is 62.9 Å². The fourth-order valence-electron chi connectivity index (χ4n) is 3.84. The van der Waals surface area contributed by atoms with E-state index in [2.05, 4.69) is 21.4 Å². The minimum absolute atomic E-state index is 0.0214. The predicted molar refractivity (Wildman–Crippen MR) is 139 cm³/mol. The first-order chi connectivity index (χ1) is 16.9. The lowest BCUT2D eigenvalue weighted by molar-refractivity contribution is -0.112. The highest BCUT2D eigenvalue weighted by Gasteiger charge is 2.12. The maximum atomic E-state index is 12.4. The number of hydrogen-bond acceptors (Lipinski definition) is 6. The van der Waals surface area contributed by atoms with Gasteiger partial charge in [0, 0.05) is 22.4 Å². The normalized spacial score (nSPS) is 14.4. The zero-order valence-corrected chi connectivity index (χ0v) is 20.1. The minimum Gasteiger partial charge on any atom is -0.493 e. The molecular formula is C27H31N5O3. The van der Waals surface area contributed by atoms with E-state index >= 15 is 0 Å². The number of carbonyl (C=O) groups is 1. The van der Waals surface area contributed by atoms with Crippen LogP contribution in [0.4, 0.5) is 5.69 Å². The number of anilines is 1. The highest BCUT2D eigenvalue weighted by atomic mass is 16.5. The lowest BCUT2D eigenvalue weighted by atomic mass is 10.1. The molecule has 1 saturated heterocycles. The molecule has 3 heterocycles. The first-order valence-corrected chi connectivity index (χ1v) is 11.7. The van der Waals surface area contributed by atoms with E-state index in [1.54, 1.807) is 20.0 Å². The monoisotopic (exact) mass is 473 g/mol. The molecule has 0 unspecified atom stereocenters. The average molecular weight is 474 g/mol. The quantitative estimate of drug-likeness (QED) is 0.159. The summed E-state index contributed by atoms with van der Waals surface area (Å²) in [5.41, 5.74) is 11.2. The van der Waals surface area contributed by atoms with E-state index in [9.17, 15) is 4.79 Å². The number of aromatic amines is 1. The first-order valence-electron chi connectivity index (χ1n) is 11.7. The fraction of sp³-hybridized carbons (Fsp3) is 0.296. The summed E-state index contributed by atoms with van der Waals surface area (Å²) in [4.78, 5) is 20.2. The number of rotatable bonds is 8. The topological polar surface area (TPSA) is 126 Å². The maximum Gasteiger partial charge on any atom is 0.271 e. The van der Waals surface area contributed by atoms with E-state index in [-0.39, 0.29) is 11.4 Å². The molecule has 1 amide bonds. The number of aromatic nitrogens is 2. The van der Waals surface area contributed by atoms with Crippen molar-refractivity contribution in [2.45, 2.75) is 33.1 Å². The van der Waals surface area contributed by atoms with Crippen molar-refractivity contribution >= 4 is 28.3 Å². The van der Waals surface area contributed by atoms with Crippen molar-refractivity contribution in [3.05, 3.63) is 65.5 Å². The molecule has 0 atom stereocenters. The molecule has 8 heteroatoms. The Labute approximate surface area is 204 Å². The SMILES string of the molecule is CC(=N)/C(C)=C(\N)C(=O)Nc1cnc2[nH]c(-c3cccc(OCCC=C4CCOCC4)c3)cc2c1. The highest BCUT2D eigenvalue weighted by molar-refractivity contribution is 6.10. The molecule has 0 spiro atoms. The summed E-state index contributed by atoms with van der Waals surface area (Å²) in [7, 11) is 0. The van der Waals surface area contributed by atoms with E-state index in [0.29, 0.717) is 23.5 Å². The van der Waals surface area contributed by atoms with Gasteiger partial charge < -0.3 is 30.9 Å². The van der Waals surface area contributed by atoms with Gasteiger partial charge in [-0.25, -0.2) is 4.98 Å². The van der Waals surface area contributed by atoms with Crippen molar-refractivity contribution in [2.75, 3.05) is 25.1 Å². The molecule has 4 rings (SSSR count). The Morgan fingerprint density at radius 1 is 1.26 bits per heavy atom. The molecule has 1 aromatic carbocycles. The van der Waals surface area contributed by atoms with Gasteiger partial charge in [0.15, 0.2) is 0 Å². The van der Waals surface area contributed by atoms with E-state index in [1.807, 2.05) is 36.4 Å². The Hall–Kier alpha value is -3.91. The summed E-state index contributed by atoms with van der Waals surface area (Å²) in [6.07, 6.45) is 6.75. The van der Waals surface area contributed by atoms with Gasteiger partial charge >= 0.3 is 0 Å². The van der Waals surface area contributed by atoms with Gasteiger partial charge in [-0.3, -0.25) is 4.79 Å². The van der Waals surface area contributed by atoms with E-state index in [4.69, 9.17) is 20.6 Å². The van der Waals surface area contributed by atoms with Crippen LogP contribution in [0, 0.1) is 5.41 Å². The van der Waals surface area contributed by atoms with E-state index in [0.717, 1.165) is 54.9 Å². The molecule has 1 aliphatic heterocycles. The van der Waals surface area contributed by atoms with Crippen LogP contribution in [0.5, 0.6) is 5.75 Å². The van der Waals surface area contributed by atoms with Gasteiger partial charge in [0.2, 0.25) is 0 Å². The second kappa shape index (κ2) is 11.0. The third-order valence-corrected chi connectivity index (χ3v) is 6.04. The number of carbonyl (C=O) groups excluding carboxylic acids is 1. The number of amides is 1. The lowest BCUT2D eigenvalue weighted by Gasteiger charge is -2.14. The fourth-order valence-corrected chi connectivity index (χ4v) is 3.84. The smallest absolute Gasteiger partial charge is 0.271 e. The van der Waals surface area contributed by atoms with Gasteiger partial charge in [0.1, 0.15) is 17.1 Å². The second-order valence-corrected chi connectivity index (χ2v) is 8.60. The number of hydrogen-bond donors (Lipinski definition) is 4. The summed E-state index contributed by atoms with van der Waals surface area (Å²) >= 11 is 0. The Kier molecular flexibility index (Phi) is 7.62. The van der Waals surface area contributed by atoms with Gasteiger partial charge in [-0.15, -0.1) is 0 Å². The van der Waals surface area contributed by atoms with Gasteiger partial charge in [0.05, 0.1) is 31.7 Å². The van der Waals surface area contributed by atoms with Crippen LogP contribution in [-0.2, 0) is 9.53 Å². The molecule has 1 fully saturated rings. The predicted octanol–water partition coefficient (Wildman–Crippen LogP) is 4.95. The lowest BCUT2D eigenvalue weighted by Crippen LogP contribution is -2.23. The van der Waals surface area contributed by atoms with Crippen molar-refractivity contribution in [1.29, 1.82) is 5.41 Å². The first kappa shape index (κ1) is 24.2. The zero-order valence-electron chi connectivity index (χ0n) is 20.1. The number of pyridine rings is 1. The second-order valence-electron chi connectivity index (χ2n) is 8.60. The standard InChI is InChI=1S/C27H31N5O3/c1-17(18(2)28)25(29)27(33)31-22-13-21-15-24(32-26(21)30-16-22)20-6-3-7-23(14-20)35-10-4-5-19-8-11-34-12-9-19/h3,5-7,13-16,28H,4,8-12,29H2,1-2H3,(H,30,32)(H,31,33)/b25-17-,28-18?. The molecule has 0 radical (unpaired) electrons. The van der Waals surface area contributed by atoms with Gasteiger partial charge in [-0.1, -0.05) is 23.8 Å². The molecule has 0 aliphatic carbocycles. The number of H-pyrrole nitrogens is 1. The Bertz CT molecular complexity index is 1300. The third kappa shape index (κ3) is 6.16. The average Bonchev–Trinajstić information content (AvgIpc) is 3.30. The van der Waals surface area contributed by atoms with Gasteiger partial charge in [0.25, 0.3) is 5.91 Å². The molecule has 2 aromatic heterocycles. The van der Waals surface area contributed by atoms with Crippen LogP contribution in [0.3, 0.4) is 0 Å². The summed E-state index contributed by atoms with van der Waals surface area (Å²) < 4.78 is 11.4. The number of nitrogens with one attached hydrogen (secondary N) is 3. The van der Waals surface area contributed by atoms with Crippen LogP contribution in [0.1, 0.15) is 33.1 Å². The van der Waals surface area contributed by atoms with Crippen molar-refractivity contribution in [3.8, 4) is 17.0 Å². The maximum absolute atomic E-state index is 12.4. The van der Waals surface area contributed by atoms with Crippen molar-refractivity contribution in [1.82, 2.24) is 9.97 Å². The largest absolute Gasteiger partial charge is 0.493 e. The van der Waals surface area contributed by atoms with E-state index < -0.39 is 5.91 Å². The minimum atomic E-state index is -0.455. The van der Waals surface area contributed by atoms with Crippen LogP contribution in [0.15, 0.2) is 65.5 Å². The van der Waals surface area contributed by atoms with Crippen LogP contribution < -0.4 is 15.8 Å². The summed E-state index contributed by atoms with van der Waals surface area (Å²) in [5.74, 6) is 0.356. The third-order valence-electron chi connectivity index (χ3n) is 6.04. The number of fused-ring (bicyclic) bond motifs is 1. The molecular weight excluding hydrogens is 442 g/mol. The van der Waals surface area contributed by atoms with Crippen molar-refractivity contribution in [3.63, 3.8) is 0 Å². The molecule has 182 valence electrons. The van der Waals surface area contributed by atoms with Crippen LogP contribution in [0.25, 0.3) is 22.3 Å². The summed E-state index contributed by atoms with van der Waals surface area (Å²) in [6.45, 7) is 5.50. The van der Waals surface area contributed by atoms with E-state index in [1.165, 1.54) is 5.57 Å². The number of benzene rings is 1. The Morgan fingerprint density at radius 3 is 2.83 bits per heavy atom. The van der Waals surface area contributed by atoms with Crippen molar-refractivity contribution < 1.29 is 14.3 Å². The van der Waals surface area contributed by atoms with Crippen LogP contribution in [-0.4, -0.2) is 41.4 Å². The molecule has 1 aliphatic rings. The molecule has 0 saturated carbocycles. The molecule has 3 aromatic rings. The summed E-state index contributed by atoms with van der Waals surface area (Å²) in [5, 5.41) is 11.3. The Balaban J connectivity index is 1.43. The zero-order chi connectivity index (χ0) is 24.8. The highest BCUT2D eigenvalue weighted by Crippen LogP contribution is 2.27. The number of ether oxygens (including phenoxy) is 2. The van der Waals surface area contributed by atoms with Crippen LogP contribution in [0.2, 0.25) is 0 Å². The number of nitrogens with zero attached hydrogens (tertiary/aromatic N) is 1. The molecule has 35 heavy (non-hydrogen) atoms. The summed E-state index contributed by atoms with van der Waals surface area (Å²) in [6, 6.07) is 11.8. The number of nitrogens with two attached hydrogens (primary N) is 1. The molecule has 5 N–H and O–H groups in total. The number of allylic oxidation sites excluding steroid dienone is 1. The van der Waals surface area contributed by atoms with Crippen LogP contribution >= 0.6 is 0 Å². The van der Waals surface area contributed by atoms with Gasteiger partial charge in [-0.2, -0.15) is 0 Å². The Morgan fingerprint density at radius 2 is 2.06 bits per heavy atom. The molecule has 0 bridgehead atoms. The van der Waals surface area contributed by atoms with Crippen molar-refractivity contribution in [2.24, 2.45) is 5.73 Å².